The van der Waals surface area contributed by atoms with Gasteiger partial charge in [0.2, 0.25) is 5.95 Å². The Bertz CT molecular complexity index is 953. The summed E-state index contributed by atoms with van der Waals surface area (Å²) in [6.45, 7) is 7.26. The van der Waals surface area contributed by atoms with E-state index >= 15 is 0 Å². The maximum absolute atomic E-state index is 12.2. The van der Waals surface area contributed by atoms with Gasteiger partial charge in [-0.15, -0.1) is 0 Å². The van der Waals surface area contributed by atoms with Gasteiger partial charge in [-0.25, -0.2) is 10.1 Å². The van der Waals surface area contributed by atoms with Crippen LogP contribution in [0.4, 0.5) is 11.8 Å². The van der Waals surface area contributed by atoms with Crippen LogP contribution in [0.15, 0.2) is 6.33 Å². The zero-order valence-corrected chi connectivity index (χ0v) is 19.3. The molecule has 31 heavy (non-hydrogen) atoms. The van der Waals surface area contributed by atoms with Crippen molar-refractivity contribution < 1.29 is 23.4 Å². The molecule has 1 aliphatic heterocycles. The predicted octanol–water partition coefficient (Wildman–Crippen LogP) is 1.71. The molecule has 0 saturated carbocycles. The van der Waals surface area contributed by atoms with E-state index < -0.39 is 20.2 Å². The highest BCUT2D eigenvalue weighted by molar-refractivity contribution is 7.36. The Morgan fingerprint density at radius 1 is 1.42 bits per heavy atom. The first-order valence-corrected chi connectivity index (χ1v) is 11.5. The molecule has 13 heteroatoms. The topological polar surface area (TPSA) is 156 Å². The molecule has 1 saturated heterocycles. The average molecular weight is 455 g/mol. The molecule has 4 N–H and O–H groups in total. The van der Waals surface area contributed by atoms with Crippen LogP contribution < -0.4 is 16.1 Å². The molecule has 3 rings (SSSR count). The number of ether oxygens (including phenoxy) is 2. The number of carbonyl (C=O) groups is 1. The summed E-state index contributed by atoms with van der Waals surface area (Å²) in [5.74, 6) is 0.341. The van der Waals surface area contributed by atoms with Gasteiger partial charge in [0.25, 0.3) is 8.18 Å². The first-order valence-electron chi connectivity index (χ1n) is 10.2. The minimum atomic E-state index is -2.64. The minimum absolute atomic E-state index is 0.128. The molecule has 1 aliphatic rings. The average Bonchev–Trinajstić information content (AvgIpc) is 3.27. The van der Waals surface area contributed by atoms with Gasteiger partial charge in [-0.05, 0) is 27.2 Å². The van der Waals surface area contributed by atoms with E-state index in [0.29, 0.717) is 23.4 Å². The number of nitrogen functional groups attached to an aromatic ring is 1. The van der Waals surface area contributed by atoms with Crippen molar-refractivity contribution >= 4 is 37.1 Å². The fraction of sp³-hybridized carbons (Fsp3) is 0.667. The highest BCUT2D eigenvalue weighted by atomic mass is 31.1. The lowest BCUT2D eigenvalue weighted by Gasteiger charge is -2.18. The lowest BCUT2D eigenvalue weighted by Crippen LogP contribution is -2.33. The third kappa shape index (κ3) is 5.51. The standard InChI is InChI=1S/C18H30N7O5P/c1-9(2)29-17(26)11(4)24-31(27)28-7-12-6-10(3)16(30-12)25-8-21-13-14(20-5)22-18(19)23-15(13)25/h8-12,16,31H,6-7H2,1-5H3,(H,24,27)(H3,19,20,22,23)/t10-,11-,12-,16+/m0/s1. The fourth-order valence-corrected chi connectivity index (χ4v) is 4.33. The zero-order valence-electron chi connectivity index (χ0n) is 18.3. The third-order valence-electron chi connectivity index (χ3n) is 4.84. The highest BCUT2D eigenvalue weighted by Crippen LogP contribution is 2.37. The predicted molar refractivity (Wildman–Crippen MR) is 116 cm³/mol. The molecule has 1 unspecified atom stereocenters. The molecule has 0 spiro atoms. The number of aromatic nitrogens is 4. The molecule has 3 heterocycles. The summed E-state index contributed by atoms with van der Waals surface area (Å²) in [7, 11) is -0.900. The highest BCUT2D eigenvalue weighted by Gasteiger charge is 2.35. The van der Waals surface area contributed by atoms with Gasteiger partial charge >= 0.3 is 5.97 Å². The van der Waals surface area contributed by atoms with E-state index in [1.165, 1.54) is 0 Å². The number of hydrogen-bond donors (Lipinski definition) is 3. The van der Waals surface area contributed by atoms with Gasteiger partial charge in [-0.1, -0.05) is 6.92 Å². The minimum Gasteiger partial charge on any atom is -0.462 e. The number of nitrogens with zero attached hydrogens (tertiary/aromatic N) is 4. The van der Waals surface area contributed by atoms with Crippen LogP contribution in [-0.2, 0) is 23.4 Å². The summed E-state index contributed by atoms with van der Waals surface area (Å²) < 4.78 is 30.7. The number of nitrogens with one attached hydrogen (secondary N) is 2. The molecule has 12 nitrogen and oxygen atoms in total. The van der Waals surface area contributed by atoms with E-state index in [-0.39, 0.29) is 36.9 Å². The first kappa shape index (κ1) is 23.4. The normalized spacial score (nSPS) is 23.2. The quantitative estimate of drug-likeness (QED) is 0.374. The summed E-state index contributed by atoms with van der Waals surface area (Å²) in [4.78, 5) is 24.7. The van der Waals surface area contributed by atoms with Crippen LogP contribution in [0.1, 0.15) is 40.3 Å². The van der Waals surface area contributed by atoms with E-state index in [1.54, 1.807) is 34.1 Å². The summed E-state index contributed by atoms with van der Waals surface area (Å²) >= 11 is 0. The van der Waals surface area contributed by atoms with Gasteiger partial charge in [-0.3, -0.25) is 13.9 Å². The molecule has 2 aromatic heterocycles. The molecule has 0 aliphatic carbocycles. The molecule has 1 fully saturated rings. The van der Waals surface area contributed by atoms with Crippen LogP contribution in [0.3, 0.4) is 0 Å². The van der Waals surface area contributed by atoms with Crippen LogP contribution >= 0.6 is 8.18 Å². The number of rotatable bonds is 9. The summed E-state index contributed by atoms with van der Waals surface area (Å²) in [5.41, 5.74) is 6.99. The van der Waals surface area contributed by atoms with Crippen molar-refractivity contribution in [1.82, 2.24) is 24.6 Å². The van der Waals surface area contributed by atoms with Crippen molar-refractivity contribution in [2.75, 3.05) is 24.7 Å². The van der Waals surface area contributed by atoms with Crippen LogP contribution in [-0.4, -0.2) is 57.4 Å². The lowest BCUT2D eigenvalue weighted by atomic mass is 10.1. The Balaban J connectivity index is 1.59. The Morgan fingerprint density at radius 2 is 2.16 bits per heavy atom. The van der Waals surface area contributed by atoms with Crippen LogP contribution in [0, 0.1) is 5.92 Å². The number of fused-ring (bicyclic) bond motifs is 1. The van der Waals surface area contributed by atoms with Crippen molar-refractivity contribution in [2.45, 2.75) is 58.6 Å². The van der Waals surface area contributed by atoms with Gasteiger partial charge < -0.3 is 25.0 Å². The van der Waals surface area contributed by atoms with Crippen molar-refractivity contribution in [3.05, 3.63) is 6.33 Å². The molecule has 5 atom stereocenters. The lowest BCUT2D eigenvalue weighted by molar-refractivity contribution is -0.149. The Morgan fingerprint density at radius 3 is 2.84 bits per heavy atom. The second kappa shape index (κ2) is 9.90. The Hall–Kier alpha value is -2.27. The van der Waals surface area contributed by atoms with Crippen molar-refractivity contribution in [3.63, 3.8) is 0 Å². The number of imidazole rings is 1. The third-order valence-corrected chi connectivity index (χ3v) is 5.94. The summed E-state index contributed by atoms with van der Waals surface area (Å²) in [6, 6.07) is -0.728. The Kier molecular flexibility index (Phi) is 7.47. The maximum atomic E-state index is 12.2. The van der Waals surface area contributed by atoms with E-state index in [2.05, 4.69) is 25.4 Å². The SMILES string of the molecule is CNc1nc(N)nc2c1ncn2[C@@H]1O[C@H](CO[PH](=O)N[C@@H](C)C(=O)OC(C)C)C[C@@H]1C. The van der Waals surface area contributed by atoms with Crippen molar-refractivity contribution in [1.29, 1.82) is 0 Å². The fourth-order valence-electron chi connectivity index (χ4n) is 3.44. The molecule has 0 aromatic carbocycles. The number of nitrogens with two attached hydrogens (primary N) is 1. The molecule has 0 radical (unpaired) electrons. The van der Waals surface area contributed by atoms with Gasteiger partial charge in [-0.2, -0.15) is 9.97 Å². The zero-order chi connectivity index (χ0) is 22.7. The van der Waals surface area contributed by atoms with Crippen LogP contribution in [0.2, 0.25) is 0 Å². The molecule has 2 aromatic rings. The number of anilines is 2. The second-order valence-corrected chi connectivity index (χ2v) is 8.97. The Labute approximate surface area is 181 Å². The monoisotopic (exact) mass is 455 g/mol. The van der Waals surface area contributed by atoms with E-state index in [4.69, 9.17) is 19.7 Å². The summed E-state index contributed by atoms with van der Waals surface area (Å²) in [6.07, 6.45) is 1.51. The number of carbonyl (C=O) groups excluding carboxylic acids is 1. The number of hydrogen-bond acceptors (Lipinski definition) is 10. The van der Waals surface area contributed by atoms with Crippen molar-refractivity contribution in [3.8, 4) is 0 Å². The molecule has 0 amide bonds. The van der Waals surface area contributed by atoms with E-state index in [0.717, 1.165) is 0 Å². The van der Waals surface area contributed by atoms with Crippen molar-refractivity contribution in [2.24, 2.45) is 5.92 Å². The van der Waals surface area contributed by atoms with E-state index in [9.17, 15) is 9.36 Å². The smallest absolute Gasteiger partial charge is 0.323 e. The second-order valence-electron chi connectivity index (χ2n) is 7.82. The number of esters is 1. The summed E-state index contributed by atoms with van der Waals surface area (Å²) in [5, 5.41) is 5.61. The van der Waals surface area contributed by atoms with Gasteiger partial charge in [0, 0.05) is 13.0 Å². The molecule has 0 bridgehead atoms. The van der Waals surface area contributed by atoms with Crippen LogP contribution in [0.5, 0.6) is 0 Å². The van der Waals surface area contributed by atoms with Gasteiger partial charge in [0.05, 0.1) is 25.1 Å². The first-order chi connectivity index (χ1) is 14.7. The van der Waals surface area contributed by atoms with E-state index in [1.807, 2.05) is 11.5 Å². The van der Waals surface area contributed by atoms with Gasteiger partial charge in [0.15, 0.2) is 17.0 Å². The van der Waals surface area contributed by atoms with Crippen LogP contribution in [0.25, 0.3) is 11.2 Å². The van der Waals surface area contributed by atoms with Gasteiger partial charge in [0.1, 0.15) is 12.3 Å². The largest absolute Gasteiger partial charge is 0.462 e. The molecule has 172 valence electrons. The molecular formula is C18H30N7O5P. The molecular weight excluding hydrogens is 425 g/mol. The maximum Gasteiger partial charge on any atom is 0.323 e.